The standard InChI is InChI=1S/C25H25BrN6O5S2/c26-21-20(37-22(25(33)34)24-28-30-31-29-24)14-38-23(21)17-7-4-8-19(13-17)27-18-9-11-32(12-10-18)39(35,36)15-16-5-2-1-3-6-16/h1-8,13-14,18,22,27H,9-12,15H2,(H,33,34)(H,28,29,30,31). The number of piperidine rings is 1. The smallest absolute Gasteiger partial charge is 0.353 e. The first-order valence-corrected chi connectivity index (χ1v) is 15.4. The monoisotopic (exact) mass is 632 g/mol. The second-order valence-electron chi connectivity index (χ2n) is 8.99. The summed E-state index contributed by atoms with van der Waals surface area (Å²) in [6.07, 6.45) is -0.00476. The van der Waals surface area contributed by atoms with E-state index in [0.717, 1.165) is 21.7 Å². The lowest BCUT2D eigenvalue weighted by Crippen LogP contribution is -2.42. The van der Waals surface area contributed by atoms with Gasteiger partial charge in [-0.3, -0.25) is 0 Å². The number of anilines is 1. The Morgan fingerprint density at radius 2 is 1.97 bits per heavy atom. The fourth-order valence-corrected chi connectivity index (χ4v) is 7.66. The van der Waals surface area contributed by atoms with Gasteiger partial charge in [0.15, 0.2) is 0 Å². The SMILES string of the molecule is O=C(O)C(Oc1csc(-c2cccc(NC3CCN(S(=O)(=O)Cc4ccccc4)CC3)c2)c1Br)c1nn[nH]n1. The molecule has 2 aromatic heterocycles. The van der Waals surface area contributed by atoms with E-state index in [2.05, 4.69) is 41.9 Å². The predicted octanol–water partition coefficient (Wildman–Crippen LogP) is 4.30. The van der Waals surface area contributed by atoms with E-state index in [-0.39, 0.29) is 17.6 Å². The Balaban J connectivity index is 1.22. The van der Waals surface area contributed by atoms with Gasteiger partial charge < -0.3 is 15.2 Å². The molecule has 1 saturated heterocycles. The van der Waals surface area contributed by atoms with E-state index in [1.54, 1.807) is 9.69 Å². The van der Waals surface area contributed by atoms with E-state index in [4.69, 9.17) is 4.74 Å². The van der Waals surface area contributed by atoms with Crippen molar-refractivity contribution in [3.8, 4) is 16.2 Å². The molecule has 5 rings (SSSR count). The molecule has 1 aliphatic rings. The maximum Gasteiger partial charge on any atom is 0.353 e. The zero-order valence-electron chi connectivity index (χ0n) is 20.5. The molecule has 14 heteroatoms. The summed E-state index contributed by atoms with van der Waals surface area (Å²) in [5, 5.41) is 27.9. The van der Waals surface area contributed by atoms with Crippen molar-refractivity contribution in [2.24, 2.45) is 0 Å². The summed E-state index contributed by atoms with van der Waals surface area (Å²) in [6, 6.07) is 17.2. The van der Waals surface area contributed by atoms with E-state index >= 15 is 0 Å². The number of hydrogen-bond donors (Lipinski definition) is 3. The molecule has 0 bridgehead atoms. The number of nitrogens with zero attached hydrogens (tertiary/aromatic N) is 4. The van der Waals surface area contributed by atoms with Gasteiger partial charge in [-0.15, -0.1) is 21.5 Å². The van der Waals surface area contributed by atoms with Gasteiger partial charge in [-0.05, 0) is 52.0 Å². The van der Waals surface area contributed by atoms with Crippen LogP contribution in [0.1, 0.15) is 30.3 Å². The van der Waals surface area contributed by atoms with Gasteiger partial charge in [-0.2, -0.15) is 5.21 Å². The van der Waals surface area contributed by atoms with Crippen LogP contribution >= 0.6 is 27.3 Å². The quantitative estimate of drug-likeness (QED) is 0.232. The van der Waals surface area contributed by atoms with Crippen LogP contribution in [0, 0.1) is 0 Å². The van der Waals surface area contributed by atoms with E-state index in [1.165, 1.54) is 11.3 Å². The Labute approximate surface area is 237 Å². The first-order valence-electron chi connectivity index (χ1n) is 12.1. The highest BCUT2D eigenvalue weighted by atomic mass is 79.9. The van der Waals surface area contributed by atoms with Crippen LogP contribution in [0.15, 0.2) is 64.5 Å². The summed E-state index contributed by atoms with van der Waals surface area (Å²) in [7, 11) is -3.37. The molecule has 1 aliphatic heterocycles. The minimum absolute atomic E-state index is 0.0116. The summed E-state index contributed by atoms with van der Waals surface area (Å²) < 4.78 is 33.6. The van der Waals surface area contributed by atoms with Gasteiger partial charge in [0.1, 0.15) is 5.75 Å². The maximum atomic E-state index is 12.9. The number of aliphatic carboxylic acids is 1. The van der Waals surface area contributed by atoms with Crippen LogP contribution in [0.4, 0.5) is 5.69 Å². The number of rotatable bonds is 10. The molecule has 204 valence electrons. The van der Waals surface area contributed by atoms with Gasteiger partial charge in [-0.25, -0.2) is 17.5 Å². The molecule has 1 unspecified atom stereocenters. The maximum absolute atomic E-state index is 12.9. The number of aromatic nitrogens is 4. The molecular formula is C25H25BrN6O5S2. The third-order valence-corrected chi connectivity index (χ3v) is 10.2. The highest BCUT2D eigenvalue weighted by Gasteiger charge is 2.29. The molecule has 0 amide bonds. The number of thiophene rings is 1. The third-order valence-electron chi connectivity index (χ3n) is 6.30. The number of ether oxygens (including phenoxy) is 1. The van der Waals surface area contributed by atoms with Crippen LogP contribution in [0.3, 0.4) is 0 Å². The van der Waals surface area contributed by atoms with Gasteiger partial charge >= 0.3 is 5.97 Å². The molecule has 0 radical (unpaired) electrons. The highest BCUT2D eigenvalue weighted by molar-refractivity contribution is 9.10. The Kier molecular flexibility index (Phi) is 8.26. The van der Waals surface area contributed by atoms with E-state index in [0.29, 0.717) is 36.2 Å². The first-order chi connectivity index (χ1) is 18.8. The van der Waals surface area contributed by atoms with Crippen molar-refractivity contribution in [3.05, 3.63) is 75.8 Å². The number of H-pyrrole nitrogens is 1. The summed E-state index contributed by atoms with van der Waals surface area (Å²) in [4.78, 5) is 12.5. The Bertz CT molecular complexity index is 1520. The molecule has 3 heterocycles. The minimum Gasteiger partial charge on any atom is -0.478 e. The van der Waals surface area contributed by atoms with Crippen molar-refractivity contribution >= 4 is 48.9 Å². The molecule has 11 nitrogen and oxygen atoms in total. The number of benzene rings is 2. The number of nitrogens with one attached hydrogen (secondary N) is 2. The third kappa shape index (κ3) is 6.46. The fourth-order valence-electron chi connectivity index (χ4n) is 4.36. The van der Waals surface area contributed by atoms with Gasteiger partial charge in [0.05, 0.1) is 15.1 Å². The molecule has 0 saturated carbocycles. The highest BCUT2D eigenvalue weighted by Crippen LogP contribution is 2.43. The van der Waals surface area contributed by atoms with Gasteiger partial charge in [0, 0.05) is 30.2 Å². The van der Waals surface area contributed by atoms with Crippen LogP contribution in [0.25, 0.3) is 10.4 Å². The summed E-state index contributed by atoms with van der Waals surface area (Å²) in [5.41, 5.74) is 2.62. The molecule has 0 aliphatic carbocycles. The van der Waals surface area contributed by atoms with Gasteiger partial charge in [0.2, 0.25) is 15.8 Å². The molecule has 39 heavy (non-hydrogen) atoms. The zero-order valence-corrected chi connectivity index (χ0v) is 23.7. The molecule has 1 fully saturated rings. The summed E-state index contributed by atoms with van der Waals surface area (Å²) in [5.74, 6) is -0.944. The number of halogens is 1. The van der Waals surface area contributed by atoms with Crippen LogP contribution in [0.5, 0.6) is 5.75 Å². The average Bonchev–Trinajstić information content (AvgIpc) is 3.58. The van der Waals surface area contributed by atoms with Crippen molar-refractivity contribution in [3.63, 3.8) is 0 Å². The summed E-state index contributed by atoms with van der Waals surface area (Å²) >= 11 is 4.95. The normalized spacial score (nSPS) is 15.6. The van der Waals surface area contributed by atoms with Crippen LogP contribution in [-0.2, 0) is 20.6 Å². The van der Waals surface area contributed by atoms with Gasteiger partial charge in [-0.1, -0.05) is 47.7 Å². The van der Waals surface area contributed by atoms with Crippen molar-refractivity contribution in [1.29, 1.82) is 0 Å². The molecule has 0 spiro atoms. The molecular weight excluding hydrogens is 608 g/mol. The van der Waals surface area contributed by atoms with E-state index < -0.39 is 22.1 Å². The number of aromatic amines is 1. The van der Waals surface area contributed by atoms with E-state index in [1.807, 2.05) is 54.6 Å². The molecule has 3 N–H and O–H groups in total. The largest absolute Gasteiger partial charge is 0.478 e. The second kappa shape index (κ2) is 11.8. The molecule has 2 aromatic carbocycles. The molecule has 1 atom stereocenters. The van der Waals surface area contributed by atoms with Gasteiger partial charge in [0.25, 0.3) is 6.10 Å². The topological polar surface area (TPSA) is 150 Å². The number of carboxylic acid groups (broad SMARTS) is 1. The van der Waals surface area contributed by atoms with Crippen molar-refractivity contribution in [2.45, 2.75) is 30.7 Å². The van der Waals surface area contributed by atoms with Crippen LogP contribution < -0.4 is 10.1 Å². The first kappa shape index (κ1) is 27.2. The summed E-state index contributed by atoms with van der Waals surface area (Å²) in [6.45, 7) is 0.934. The van der Waals surface area contributed by atoms with Crippen molar-refractivity contribution in [1.82, 2.24) is 24.9 Å². The van der Waals surface area contributed by atoms with Crippen molar-refractivity contribution in [2.75, 3.05) is 18.4 Å². The lowest BCUT2D eigenvalue weighted by atomic mass is 10.1. The van der Waals surface area contributed by atoms with Crippen LogP contribution in [-0.4, -0.2) is 63.6 Å². The fraction of sp³-hybridized carbons (Fsp3) is 0.280. The second-order valence-corrected chi connectivity index (χ2v) is 12.6. The number of hydrogen-bond acceptors (Lipinski definition) is 9. The number of carbonyl (C=O) groups is 1. The number of carboxylic acids is 1. The average molecular weight is 634 g/mol. The predicted molar refractivity (Wildman–Crippen MR) is 150 cm³/mol. The van der Waals surface area contributed by atoms with Crippen molar-refractivity contribution < 1.29 is 23.1 Å². The van der Waals surface area contributed by atoms with Crippen LogP contribution in [0.2, 0.25) is 0 Å². The zero-order chi connectivity index (χ0) is 27.4. The molecule has 4 aromatic rings. The Morgan fingerprint density at radius 1 is 1.21 bits per heavy atom. The lowest BCUT2D eigenvalue weighted by molar-refractivity contribution is -0.145. The Morgan fingerprint density at radius 3 is 2.67 bits per heavy atom. The lowest BCUT2D eigenvalue weighted by Gasteiger charge is -2.32. The minimum atomic E-state index is -3.37. The number of tetrazole rings is 1. The van der Waals surface area contributed by atoms with E-state index in [9.17, 15) is 18.3 Å². The Hall–Kier alpha value is -3.33. The number of sulfonamides is 1.